The minimum absolute atomic E-state index is 0.371. The normalized spacial score (nSPS) is 13.2. The van der Waals surface area contributed by atoms with E-state index in [4.69, 9.17) is 17.3 Å². The van der Waals surface area contributed by atoms with E-state index in [0.717, 1.165) is 23.9 Å². The van der Waals surface area contributed by atoms with Gasteiger partial charge in [-0.3, -0.25) is 0 Å². The zero-order chi connectivity index (χ0) is 11.7. The van der Waals surface area contributed by atoms with E-state index in [0.29, 0.717) is 17.0 Å². The molecule has 86 valence electrons. The number of nitrogens with two attached hydrogens (primary N) is 1. The molecule has 1 heterocycles. The minimum atomic E-state index is 0.371. The van der Waals surface area contributed by atoms with E-state index in [1.165, 1.54) is 0 Å². The molecule has 1 aromatic heterocycles. The number of benzene rings is 1. The highest BCUT2D eigenvalue weighted by atomic mass is 35.5. The number of hydrogen-bond acceptors (Lipinski definition) is 2. The summed E-state index contributed by atoms with van der Waals surface area (Å²) in [4.78, 5) is 4.33. The summed E-state index contributed by atoms with van der Waals surface area (Å²) in [5, 5.41) is 0.695. The van der Waals surface area contributed by atoms with Crippen LogP contribution in [0.4, 0.5) is 5.95 Å². The second-order valence-electron chi connectivity index (χ2n) is 4.11. The molecule has 1 unspecified atom stereocenters. The molecule has 0 fully saturated rings. The van der Waals surface area contributed by atoms with Gasteiger partial charge in [-0.1, -0.05) is 24.9 Å². The lowest BCUT2D eigenvalue weighted by atomic mass is 10.2. The van der Waals surface area contributed by atoms with E-state index in [-0.39, 0.29) is 0 Å². The van der Waals surface area contributed by atoms with Crippen molar-refractivity contribution >= 4 is 28.6 Å². The van der Waals surface area contributed by atoms with Crippen LogP contribution in [0.25, 0.3) is 11.0 Å². The average Bonchev–Trinajstić information content (AvgIpc) is 2.53. The van der Waals surface area contributed by atoms with E-state index in [9.17, 15) is 0 Å². The van der Waals surface area contributed by atoms with Crippen LogP contribution in [0.5, 0.6) is 0 Å². The summed E-state index contributed by atoms with van der Waals surface area (Å²) in [6.07, 6.45) is 2.23. The predicted molar refractivity (Wildman–Crippen MR) is 68.8 cm³/mol. The van der Waals surface area contributed by atoms with Crippen molar-refractivity contribution in [2.75, 3.05) is 5.73 Å². The standard InChI is InChI=1S/C12H16ClN3/c1-3-4-8(2)16-11-6-5-9(13)7-10(11)15-12(16)14/h5-8H,3-4H2,1-2H3,(H2,14,15). The topological polar surface area (TPSA) is 43.8 Å². The first-order chi connectivity index (χ1) is 7.63. The maximum atomic E-state index is 5.94. The summed E-state index contributed by atoms with van der Waals surface area (Å²) < 4.78 is 2.08. The SMILES string of the molecule is CCCC(C)n1c(N)nc2cc(Cl)ccc21. The predicted octanol–water partition coefficient (Wildman–Crippen LogP) is 3.63. The molecule has 0 aliphatic heterocycles. The number of fused-ring (bicyclic) bond motifs is 1. The maximum absolute atomic E-state index is 5.94. The Labute approximate surface area is 100 Å². The van der Waals surface area contributed by atoms with Gasteiger partial charge in [0.25, 0.3) is 0 Å². The van der Waals surface area contributed by atoms with Gasteiger partial charge in [0.2, 0.25) is 5.95 Å². The van der Waals surface area contributed by atoms with Crippen molar-refractivity contribution in [3.63, 3.8) is 0 Å². The summed E-state index contributed by atoms with van der Waals surface area (Å²) in [7, 11) is 0. The summed E-state index contributed by atoms with van der Waals surface area (Å²) in [6, 6.07) is 6.08. The Hall–Kier alpha value is -1.22. The van der Waals surface area contributed by atoms with Crippen LogP contribution in [-0.4, -0.2) is 9.55 Å². The molecule has 1 atom stereocenters. The van der Waals surface area contributed by atoms with Crippen molar-refractivity contribution in [1.82, 2.24) is 9.55 Å². The van der Waals surface area contributed by atoms with Gasteiger partial charge in [-0.05, 0) is 31.5 Å². The summed E-state index contributed by atoms with van der Waals surface area (Å²) in [5.74, 6) is 0.568. The molecule has 0 radical (unpaired) electrons. The van der Waals surface area contributed by atoms with Gasteiger partial charge in [0.1, 0.15) is 0 Å². The highest BCUT2D eigenvalue weighted by molar-refractivity contribution is 6.31. The van der Waals surface area contributed by atoms with Gasteiger partial charge in [0.15, 0.2) is 0 Å². The number of nitrogens with zero attached hydrogens (tertiary/aromatic N) is 2. The molecule has 0 saturated carbocycles. The molecule has 3 nitrogen and oxygen atoms in total. The average molecular weight is 238 g/mol. The third-order valence-corrected chi connectivity index (χ3v) is 3.06. The molecular weight excluding hydrogens is 222 g/mol. The Morgan fingerprint density at radius 3 is 2.94 bits per heavy atom. The zero-order valence-electron chi connectivity index (χ0n) is 9.57. The molecule has 0 saturated heterocycles. The fraction of sp³-hybridized carbons (Fsp3) is 0.417. The van der Waals surface area contributed by atoms with Gasteiger partial charge in [0.05, 0.1) is 11.0 Å². The Morgan fingerprint density at radius 1 is 1.50 bits per heavy atom. The highest BCUT2D eigenvalue weighted by Gasteiger charge is 2.13. The largest absolute Gasteiger partial charge is 0.369 e. The molecule has 2 rings (SSSR count). The first-order valence-corrected chi connectivity index (χ1v) is 5.94. The van der Waals surface area contributed by atoms with E-state index in [2.05, 4.69) is 23.4 Å². The smallest absolute Gasteiger partial charge is 0.201 e. The van der Waals surface area contributed by atoms with Crippen LogP contribution in [-0.2, 0) is 0 Å². The molecule has 16 heavy (non-hydrogen) atoms. The third-order valence-electron chi connectivity index (χ3n) is 2.83. The molecular formula is C12H16ClN3. The highest BCUT2D eigenvalue weighted by Crippen LogP contribution is 2.26. The van der Waals surface area contributed by atoms with Crippen molar-refractivity contribution in [3.05, 3.63) is 23.2 Å². The van der Waals surface area contributed by atoms with Crippen LogP contribution in [0, 0.1) is 0 Å². The number of halogens is 1. The quantitative estimate of drug-likeness (QED) is 0.886. The van der Waals surface area contributed by atoms with Gasteiger partial charge >= 0.3 is 0 Å². The Morgan fingerprint density at radius 2 is 2.25 bits per heavy atom. The zero-order valence-corrected chi connectivity index (χ0v) is 10.3. The van der Waals surface area contributed by atoms with Crippen LogP contribution in [0.3, 0.4) is 0 Å². The minimum Gasteiger partial charge on any atom is -0.369 e. The van der Waals surface area contributed by atoms with Crippen molar-refractivity contribution in [3.8, 4) is 0 Å². The molecule has 2 N–H and O–H groups in total. The monoisotopic (exact) mass is 237 g/mol. The number of nitrogen functional groups attached to an aromatic ring is 1. The van der Waals surface area contributed by atoms with Gasteiger partial charge in [-0.15, -0.1) is 0 Å². The molecule has 0 aliphatic carbocycles. The number of anilines is 1. The first-order valence-electron chi connectivity index (χ1n) is 5.56. The number of hydrogen-bond donors (Lipinski definition) is 1. The van der Waals surface area contributed by atoms with Crippen LogP contribution in [0.15, 0.2) is 18.2 Å². The summed E-state index contributed by atoms with van der Waals surface area (Å²) in [5.41, 5.74) is 7.87. The van der Waals surface area contributed by atoms with Crippen LogP contribution in [0.2, 0.25) is 5.02 Å². The van der Waals surface area contributed by atoms with E-state index < -0.39 is 0 Å². The third kappa shape index (κ3) is 1.87. The second-order valence-corrected chi connectivity index (χ2v) is 4.55. The Bertz CT molecular complexity index is 504. The summed E-state index contributed by atoms with van der Waals surface area (Å²) >= 11 is 5.93. The van der Waals surface area contributed by atoms with Gasteiger partial charge in [-0.25, -0.2) is 4.98 Å². The lowest BCUT2D eigenvalue weighted by Crippen LogP contribution is -2.08. The summed E-state index contributed by atoms with van der Waals surface area (Å²) in [6.45, 7) is 4.33. The number of aromatic nitrogens is 2. The fourth-order valence-corrected chi connectivity index (χ4v) is 2.27. The van der Waals surface area contributed by atoms with Gasteiger partial charge in [0, 0.05) is 11.1 Å². The molecule has 2 aromatic rings. The fourth-order valence-electron chi connectivity index (χ4n) is 2.10. The molecule has 1 aromatic carbocycles. The Balaban J connectivity index is 2.55. The second kappa shape index (κ2) is 4.34. The van der Waals surface area contributed by atoms with Crippen molar-refractivity contribution in [2.45, 2.75) is 32.7 Å². The lowest BCUT2D eigenvalue weighted by molar-refractivity contribution is 0.518. The van der Waals surface area contributed by atoms with Gasteiger partial charge < -0.3 is 10.3 Å². The number of rotatable bonds is 3. The van der Waals surface area contributed by atoms with Crippen LogP contribution in [0.1, 0.15) is 32.7 Å². The molecule has 4 heteroatoms. The molecule has 0 bridgehead atoms. The molecule has 0 aliphatic rings. The number of imidazole rings is 1. The lowest BCUT2D eigenvalue weighted by Gasteiger charge is -2.14. The molecule has 0 amide bonds. The first kappa shape index (κ1) is 11.3. The van der Waals surface area contributed by atoms with Gasteiger partial charge in [-0.2, -0.15) is 0 Å². The Kier molecular flexibility index (Phi) is 3.06. The van der Waals surface area contributed by atoms with Crippen molar-refractivity contribution in [2.24, 2.45) is 0 Å². The van der Waals surface area contributed by atoms with Crippen LogP contribution >= 0.6 is 11.6 Å². The van der Waals surface area contributed by atoms with E-state index >= 15 is 0 Å². The van der Waals surface area contributed by atoms with E-state index in [1.807, 2.05) is 18.2 Å². The van der Waals surface area contributed by atoms with Crippen molar-refractivity contribution < 1.29 is 0 Å². The maximum Gasteiger partial charge on any atom is 0.201 e. The van der Waals surface area contributed by atoms with Crippen molar-refractivity contribution in [1.29, 1.82) is 0 Å². The molecule has 0 spiro atoms. The van der Waals surface area contributed by atoms with E-state index in [1.54, 1.807) is 0 Å². The van der Waals surface area contributed by atoms with Crippen LogP contribution < -0.4 is 5.73 Å².